The molecule has 0 radical (unpaired) electrons. The summed E-state index contributed by atoms with van der Waals surface area (Å²) in [7, 11) is 1.64. The Labute approximate surface area is 98.1 Å². The molecular formula is C11H13NO5. The van der Waals surface area contributed by atoms with Gasteiger partial charge in [0.25, 0.3) is 0 Å². The Morgan fingerprint density at radius 3 is 2.41 bits per heavy atom. The number of aromatic nitrogens is 1. The van der Waals surface area contributed by atoms with Gasteiger partial charge in [0.05, 0.1) is 6.61 Å². The number of hydrogen-bond acceptors (Lipinski definition) is 5. The van der Waals surface area contributed by atoms with Crippen LogP contribution < -0.4 is 0 Å². The molecule has 0 saturated carbocycles. The smallest absolute Gasteiger partial charge is 0.425 e. The van der Waals surface area contributed by atoms with Gasteiger partial charge in [-0.25, -0.2) is 14.4 Å². The predicted octanol–water partition coefficient (Wildman–Crippen LogP) is 0.580. The lowest BCUT2D eigenvalue weighted by molar-refractivity contribution is -0.164. The van der Waals surface area contributed by atoms with Crippen LogP contribution >= 0.6 is 0 Å². The number of carbonyl (C=O) groups is 3. The Balaban J connectivity index is 2.74. The van der Waals surface area contributed by atoms with E-state index in [9.17, 15) is 14.4 Å². The molecule has 0 aliphatic rings. The van der Waals surface area contributed by atoms with Crippen LogP contribution in [-0.2, 0) is 26.1 Å². The van der Waals surface area contributed by atoms with Crippen LogP contribution in [-0.4, -0.2) is 29.1 Å². The summed E-state index contributed by atoms with van der Waals surface area (Å²) < 4.78 is 10.3. The molecule has 1 aromatic rings. The van der Waals surface area contributed by atoms with Crippen molar-refractivity contribution in [3.8, 4) is 0 Å². The summed E-state index contributed by atoms with van der Waals surface area (Å²) in [5.74, 6) is -3.35. The topological polar surface area (TPSA) is 74.6 Å². The van der Waals surface area contributed by atoms with Crippen molar-refractivity contribution in [3.05, 3.63) is 23.5 Å². The molecule has 0 fully saturated rings. The van der Waals surface area contributed by atoms with Gasteiger partial charge in [0.1, 0.15) is 5.69 Å². The second-order valence-corrected chi connectivity index (χ2v) is 3.36. The Morgan fingerprint density at radius 1 is 1.29 bits per heavy atom. The number of rotatable bonds is 2. The standard InChI is InChI=1S/C11H13NO5/c1-4-16-10(14)11(15)17-9(13)8-7(2)5-6-12(8)3/h5-6H,4H2,1-3H3. The zero-order chi connectivity index (χ0) is 13.0. The van der Waals surface area contributed by atoms with E-state index in [1.165, 1.54) is 4.57 Å². The van der Waals surface area contributed by atoms with Crippen molar-refractivity contribution in [1.82, 2.24) is 4.57 Å². The monoisotopic (exact) mass is 239 g/mol. The molecule has 1 rings (SSSR count). The normalized spacial score (nSPS) is 9.82. The maximum absolute atomic E-state index is 11.6. The van der Waals surface area contributed by atoms with Crippen LogP contribution in [0.4, 0.5) is 0 Å². The van der Waals surface area contributed by atoms with Gasteiger partial charge in [0.2, 0.25) is 0 Å². The summed E-state index contributed by atoms with van der Waals surface area (Å²) in [5.41, 5.74) is 0.886. The second-order valence-electron chi connectivity index (χ2n) is 3.36. The molecule has 1 aromatic heterocycles. The molecule has 0 spiro atoms. The van der Waals surface area contributed by atoms with E-state index in [1.807, 2.05) is 0 Å². The van der Waals surface area contributed by atoms with E-state index in [2.05, 4.69) is 9.47 Å². The van der Waals surface area contributed by atoms with Gasteiger partial charge in [-0.3, -0.25) is 0 Å². The Hall–Kier alpha value is -2.11. The lowest BCUT2D eigenvalue weighted by atomic mass is 10.3. The van der Waals surface area contributed by atoms with E-state index in [-0.39, 0.29) is 12.3 Å². The van der Waals surface area contributed by atoms with Gasteiger partial charge in [-0.2, -0.15) is 0 Å². The Morgan fingerprint density at radius 2 is 1.94 bits per heavy atom. The summed E-state index contributed by atoms with van der Waals surface area (Å²) in [6, 6.07) is 1.70. The Bertz CT molecular complexity index is 441. The highest BCUT2D eigenvalue weighted by Crippen LogP contribution is 2.09. The van der Waals surface area contributed by atoms with Crippen LogP contribution in [0.25, 0.3) is 0 Å². The lowest BCUT2D eigenvalue weighted by Crippen LogP contribution is -2.24. The number of ether oxygens (including phenoxy) is 2. The number of nitrogens with zero attached hydrogens (tertiary/aromatic N) is 1. The van der Waals surface area contributed by atoms with Crippen LogP contribution in [0.3, 0.4) is 0 Å². The molecule has 1 heterocycles. The van der Waals surface area contributed by atoms with Crippen LogP contribution in [0.15, 0.2) is 12.3 Å². The fourth-order valence-electron chi connectivity index (χ4n) is 1.32. The maximum Gasteiger partial charge on any atom is 0.425 e. The highest BCUT2D eigenvalue weighted by molar-refractivity contribution is 6.32. The van der Waals surface area contributed by atoms with Gasteiger partial charge in [-0.15, -0.1) is 0 Å². The van der Waals surface area contributed by atoms with Gasteiger partial charge < -0.3 is 14.0 Å². The third kappa shape index (κ3) is 2.93. The molecular weight excluding hydrogens is 226 g/mol. The molecule has 6 nitrogen and oxygen atoms in total. The molecule has 0 atom stereocenters. The zero-order valence-corrected chi connectivity index (χ0v) is 9.85. The van der Waals surface area contributed by atoms with Crippen LogP contribution in [0.2, 0.25) is 0 Å². The zero-order valence-electron chi connectivity index (χ0n) is 9.85. The molecule has 6 heteroatoms. The molecule has 0 saturated heterocycles. The van der Waals surface area contributed by atoms with Gasteiger partial charge in [0, 0.05) is 13.2 Å². The third-order valence-electron chi connectivity index (χ3n) is 2.10. The van der Waals surface area contributed by atoms with E-state index in [0.717, 1.165) is 0 Å². The molecule has 92 valence electrons. The van der Waals surface area contributed by atoms with Crippen molar-refractivity contribution >= 4 is 17.9 Å². The van der Waals surface area contributed by atoms with E-state index >= 15 is 0 Å². The molecule has 0 aliphatic carbocycles. The summed E-state index contributed by atoms with van der Waals surface area (Å²) >= 11 is 0. The van der Waals surface area contributed by atoms with Crippen molar-refractivity contribution < 1.29 is 23.9 Å². The molecule has 17 heavy (non-hydrogen) atoms. The molecule has 0 N–H and O–H groups in total. The van der Waals surface area contributed by atoms with E-state index in [1.54, 1.807) is 33.2 Å². The molecule has 0 aromatic carbocycles. The fourth-order valence-corrected chi connectivity index (χ4v) is 1.32. The second kappa shape index (κ2) is 5.29. The van der Waals surface area contributed by atoms with Gasteiger partial charge >= 0.3 is 17.9 Å². The third-order valence-corrected chi connectivity index (χ3v) is 2.10. The highest BCUT2D eigenvalue weighted by Gasteiger charge is 2.24. The van der Waals surface area contributed by atoms with Gasteiger partial charge in [0.15, 0.2) is 0 Å². The molecule has 0 unspecified atom stereocenters. The minimum absolute atomic E-state index is 0.0469. The summed E-state index contributed by atoms with van der Waals surface area (Å²) in [6.07, 6.45) is 1.65. The quantitative estimate of drug-likeness (QED) is 0.428. The van der Waals surface area contributed by atoms with Crippen molar-refractivity contribution in [2.45, 2.75) is 13.8 Å². The average Bonchev–Trinajstić information content (AvgIpc) is 2.58. The number of carbonyl (C=O) groups excluding carboxylic acids is 3. The molecule has 0 aliphatic heterocycles. The maximum atomic E-state index is 11.6. The minimum atomic E-state index is -1.31. The first kappa shape index (κ1) is 13.0. The number of hydrogen-bond donors (Lipinski definition) is 0. The van der Waals surface area contributed by atoms with Crippen molar-refractivity contribution in [2.75, 3.05) is 6.61 Å². The van der Waals surface area contributed by atoms with Crippen LogP contribution in [0.1, 0.15) is 23.0 Å². The largest absolute Gasteiger partial charge is 0.458 e. The SMILES string of the molecule is CCOC(=O)C(=O)OC(=O)c1c(C)ccn1C. The predicted molar refractivity (Wildman–Crippen MR) is 57.2 cm³/mol. The summed E-state index contributed by atoms with van der Waals surface area (Å²) in [5, 5.41) is 0. The van der Waals surface area contributed by atoms with Crippen molar-refractivity contribution in [1.29, 1.82) is 0 Å². The Kier molecular flexibility index (Phi) is 4.03. The fraction of sp³-hybridized carbons (Fsp3) is 0.364. The molecule has 0 amide bonds. The van der Waals surface area contributed by atoms with Crippen molar-refractivity contribution in [3.63, 3.8) is 0 Å². The summed E-state index contributed by atoms with van der Waals surface area (Å²) in [6.45, 7) is 3.30. The van der Waals surface area contributed by atoms with Gasteiger partial charge in [-0.1, -0.05) is 0 Å². The van der Waals surface area contributed by atoms with E-state index in [0.29, 0.717) is 5.56 Å². The van der Waals surface area contributed by atoms with Crippen molar-refractivity contribution in [2.24, 2.45) is 7.05 Å². The first-order valence-corrected chi connectivity index (χ1v) is 5.02. The highest BCUT2D eigenvalue weighted by atomic mass is 16.6. The molecule has 0 bridgehead atoms. The summed E-state index contributed by atoms with van der Waals surface area (Å²) in [4.78, 5) is 33.7. The van der Waals surface area contributed by atoms with E-state index in [4.69, 9.17) is 0 Å². The van der Waals surface area contributed by atoms with Gasteiger partial charge in [-0.05, 0) is 25.5 Å². The lowest BCUT2D eigenvalue weighted by Gasteiger charge is -2.04. The minimum Gasteiger partial charge on any atom is -0.458 e. The van der Waals surface area contributed by atoms with E-state index < -0.39 is 17.9 Å². The van der Waals surface area contributed by atoms with Crippen LogP contribution in [0.5, 0.6) is 0 Å². The number of esters is 3. The first-order chi connectivity index (χ1) is 7.97. The average molecular weight is 239 g/mol. The van der Waals surface area contributed by atoms with Crippen LogP contribution in [0, 0.1) is 6.92 Å². The number of aryl methyl sites for hydroxylation is 2. The first-order valence-electron chi connectivity index (χ1n) is 5.02.